The number of methoxy groups -OCH3 is 1. The topological polar surface area (TPSA) is 48.9 Å². The average Bonchev–Trinajstić information content (AvgIpc) is 2.66. The Hall–Kier alpha value is -1.75. The van der Waals surface area contributed by atoms with Gasteiger partial charge in [0.25, 0.3) is 0 Å². The van der Waals surface area contributed by atoms with Crippen LogP contribution in [0.4, 0.5) is 0 Å². The number of hydrogen-bond acceptors (Lipinski definition) is 3. The van der Waals surface area contributed by atoms with Crippen LogP contribution in [0.1, 0.15) is 45.1 Å². The maximum absolute atomic E-state index is 5.21. The zero-order chi connectivity index (χ0) is 18.5. The molecule has 1 aromatic rings. The number of nitrogens with zero attached hydrogens (tertiary/aromatic N) is 2. The Morgan fingerprint density at radius 2 is 1.76 bits per heavy atom. The van der Waals surface area contributed by atoms with E-state index in [1.807, 2.05) is 19.2 Å². The predicted octanol–water partition coefficient (Wildman–Crippen LogP) is 3.09. The molecule has 1 aromatic carbocycles. The molecule has 0 bridgehead atoms. The second-order valence-corrected chi connectivity index (χ2v) is 6.27. The van der Waals surface area contributed by atoms with Crippen LogP contribution in [0.5, 0.6) is 5.75 Å². The van der Waals surface area contributed by atoms with E-state index in [2.05, 4.69) is 53.4 Å². The molecule has 0 saturated carbocycles. The summed E-state index contributed by atoms with van der Waals surface area (Å²) in [6.45, 7) is 11.9. The van der Waals surface area contributed by atoms with E-state index in [0.29, 0.717) is 5.92 Å². The molecule has 1 unspecified atom stereocenters. The van der Waals surface area contributed by atoms with Gasteiger partial charge < -0.3 is 20.3 Å². The molecule has 1 atom stereocenters. The summed E-state index contributed by atoms with van der Waals surface area (Å²) < 4.78 is 5.21. The number of hydrogen-bond donors (Lipinski definition) is 2. The molecule has 0 aromatic heterocycles. The molecule has 0 amide bonds. The lowest BCUT2D eigenvalue weighted by atomic mass is 9.98. The molecule has 0 aliphatic carbocycles. The van der Waals surface area contributed by atoms with Crippen LogP contribution in [0, 0.1) is 0 Å². The van der Waals surface area contributed by atoms with Gasteiger partial charge in [-0.3, -0.25) is 4.99 Å². The molecule has 2 N–H and O–H groups in total. The first-order chi connectivity index (χ1) is 12.1. The molecule has 0 heterocycles. The van der Waals surface area contributed by atoms with E-state index in [1.54, 1.807) is 7.11 Å². The van der Waals surface area contributed by atoms with E-state index in [9.17, 15) is 0 Å². The number of nitrogens with one attached hydrogen (secondary N) is 2. The Bertz CT molecular complexity index is 483. The maximum atomic E-state index is 5.21. The van der Waals surface area contributed by atoms with Crippen molar-refractivity contribution in [1.82, 2.24) is 15.5 Å². The van der Waals surface area contributed by atoms with Gasteiger partial charge in [-0.25, -0.2) is 0 Å². The molecule has 25 heavy (non-hydrogen) atoms. The first-order valence-corrected chi connectivity index (χ1v) is 9.45. The van der Waals surface area contributed by atoms with Crippen molar-refractivity contribution in [3.8, 4) is 5.75 Å². The van der Waals surface area contributed by atoms with Gasteiger partial charge in [-0.05, 0) is 56.1 Å². The second kappa shape index (κ2) is 12.6. The van der Waals surface area contributed by atoms with Crippen molar-refractivity contribution in [2.24, 2.45) is 4.99 Å². The van der Waals surface area contributed by atoms with E-state index in [-0.39, 0.29) is 0 Å². The van der Waals surface area contributed by atoms with Crippen molar-refractivity contribution in [2.75, 3.05) is 46.9 Å². The highest BCUT2D eigenvalue weighted by Gasteiger charge is 2.06. The minimum absolute atomic E-state index is 0.499. The fourth-order valence-corrected chi connectivity index (χ4v) is 2.78. The summed E-state index contributed by atoms with van der Waals surface area (Å²) in [4.78, 5) is 6.74. The van der Waals surface area contributed by atoms with E-state index in [4.69, 9.17) is 4.74 Å². The Balaban J connectivity index is 2.25. The molecule has 5 heteroatoms. The standard InChI is InChI=1S/C20H36N4O/c1-6-24(7-2)16-8-14-22-20(21-4)23-15-13-17(3)18-9-11-19(25-5)12-10-18/h9-12,17H,6-8,13-16H2,1-5H3,(H2,21,22,23). The lowest BCUT2D eigenvalue weighted by Gasteiger charge is -2.19. The quantitative estimate of drug-likeness (QED) is 0.366. The average molecular weight is 349 g/mol. The first-order valence-electron chi connectivity index (χ1n) is 9.45. The minimum atomic E-state index is 0.499. The van der Waals surface area contributed by atoms with E-state index in [1.165, 1.54) is 5.56 Å². The van der Waals surface area contributed by atoms with Gasteiger partial charge in [-0.15, -0.1) is 0 Å². The number of rotatable bonds is 11. The molecule has 1 rings (SSSR count). The molecule has 0 aliphatic heterocycles. The Kier molecular flexibility index (Phi) is 10.7. The van der Waals surface area contributed by atoms with Gasteiger partial charge in [0.15, 0.2) is 5.96 Å². The second-order valence-electron chi connectivity index (χ2n) is 6.27. The van der Waals surface area contributed by atoms with Gasteiger partial charge in [-0.1, -0.05) is 32.9 Å². The zero-order valence-corrected chi connectivity index (χ0v) is 16.6. The molecular formula is C20H36N4O. The largest absolute Gasteiger partial charge is 0.497 e. The van der Waals surface area contributed by atoms with Crippen molar-refractivity contribution in [2.45, 2.75) is 39.5 Å². The van der Waals surface area contributed by atoms with Gasteiger partial charge in [-0.2, -0.15) is 0 Å². The highest BCUT2D eigenvalue weighted by atomic mass is 16.5. The fourth-order valence-electron chi connectivity index (χ4n) is 2.78. The zero-order valence-electron chi connectivity index (χ0n) is 16.6. The highest BCUT2D eigenvalue weighted by Crippen LogP contribution is 2.21. The van der Waals surface area contributed by atoms with Gasteiger partial charge in [0.2, 0.25) is 0 Å². The molecule has 0 fully saturated rings. The Morgan fingerprint density at radius 3 is 2.32 bits per heavy atom. The number of benzene rings is 1. The van der Waals surface area contributed by atoms with Crippen LogP contribution in [-0.2, 0) is 0 Å². The van der Waals surface area contributed by atoms with Gasteiger partial charge in [0.05, 0.1) is 7.11 Å². The Morgan fingerprint density at radius 1 is 1.12 bits per heavy atom. The summed E-state index contributed by atoms with van der Waals surface area (Å²) in [6.07, 6.45) is 2.19. The molecule has 0 saturated heterocycles. The van der Waals surface area contributed by atoms with Gasteiger partial charge >= 0.3 is 0 Å². The lowest BCUT2D eigenvalue weighted by molar-refractivity contribution is 0.300. The molecule has 0 spiro atoms. The fraction of sp³-hybridized carbons (Fsp3) is 0.650. The number of aliphatic imine (C=N–C) groups is 1. The molecule has 0 radical (unpaired) electrons. The van der Waals surface area contributed by atoms with Gasteiger partial charge in [0.1, 0.15) is 5.75 Å². The number of guanidine groups is 1. The van der Waals surface area contributed by atoms with Crippen LogP contribution in [0.15, 0.2) is 29.3 Å². The van der Waals surface area contributed by atoms with Crippen molar-refractivity contribution in [3.63, 3.8) is 0 Å². The highest BCUT2D eigenvalue weighted by molar-refractivity contribution is 5.79. The van der Waals surface area contributed by atoms with Crippen molar-refractivity contribution >= 4 is 5.96 Å². The van der Waals surface area contributed by atoms with Crippen LogP contribution in [-0.4, -0.2) is 57.7 Å². The Labute approximate surface area is 153 Å². The first kappa shape index (κ1) is 21.3. The summed E-state index contributed by atoms with van der Waals surface area (Å²) in [6, 6.07) is 8.33. The van der Waals surface area contributed by atoms with Gasteiger partial charge in [0, 0.05) is 20.1 Å². The van der Waals surface area contributed by atoms with E-state index >= 15 is 0 Å². The van der Waals surface area contributed by atoms with Crippen molar-refractivity contribution < 1.29 is 4.74 Å². The normalized spacial score (nSPS) is 13.0. The lowest BCUT2D eigenvalue weighted by Crippen LogP contribution is -2.39. The summed E-state index contributed by atoms with van der Waals surface area (Å²) >= 11 is 0. The molecule has 5 nitrogen and oxygen atoms in total. The van der Waals surface area contributed by atoms with Crippen LogP contribution in [0.25, 0.3) is 0 Å². The van der Waals surface area contributed by atoms with Crippen LogP contribution in [0.3, 0.4) is 0 Å². The van der Waals surface area contributed by atoms with Crippen molar-refractivity contribution in [1.29, 1.82) is 0 Å². The summed E-state index contributed by atoms with van der Waals surface area (Å²) in [5, 5.41) is 6.81. The molecular weight excluding hydrogens is 312 g/mol. The van der Waals surface area contributed by atoms with Crippen LogP contribution in [0.2, 0.25) is 0 Å². The smallest absolute Gasteiger partial charge is 0.190 e. The maximum Gasteiger partial charge on any atom is 0.190 e. The van der Waals surface area contributed by atoms with E-state index < -0.39 is 0 Å². The minimum Gasteiger partial charge on any atom is -0.497 e. The van der Waals surface area contributed by atoms with Crippen LogP contribution >= 0.6 is 0 Å². The summed E-state index contributed by atoms with van der Waals surface area (Å²) in [5.41, 5.74) is 1.34. The third-order valence-corrected chi connectivity index (χ3v) is 4.62. The van der Waals surface area contributed by atoms with Crippen LogP contribution < -0.4 is 15.4 Å². The molecule has 142 valence electrons. The summed E-state index contributed by atoms with van der Waals surface area (Å²) in [7, 11) is 3.52. The third kappa shape index (κ3) is 8.25. The number of ether oxygens (including phenoxy) is 1. The predicted molar refractivity (Wildman–Crippen MR) is 108 cm³/mol. The SMILES string of the molecule is CCN(CC)CCCNC(=NC)NCCC(C)c1ccc(OC)cc1. The third-order valence-electron chi connectivity index (χ3n) is 4.62. The monoisotopic (exact) mass is 348 g/mol. The van der Waals surface area contributed by atoms with E-state index in [0.717, 1.165) is 57.3 Å². The summed E-state index contributed by atoms with van der Waals surface area (Å²) in [5.74, 6) is 2.30. The van der Waals surface area contributed by atoms with Crippen molar-refractivity contribution in [3.05, 3.63) is 29.8 Å². The molecule has 0 aliphatic rings.